The SMILES string of the molecule is CCCCCCOC(=O)CCCS(=O)[O-]. The molecule has 0 spiro atoms. The maximum atomic E-state index is 11.0. The summed E-state index contributed by atoms with van der Waals surface area (Å²) in [5.41, 5.74) is 0. The maximum absolute atomic E-state index is 11.0. The molecule has 1 unspecified atom stereocenters. The molecule has 4 nitrogen and oxygen atoms in total. The van der Waals surface area contributed by atoms with Crippen LogP contribution in [0.25, 0.3) is 0 Å². The van der Waals surface area contributed by atoms with E-state index in [1.165, 1.54) is 0 Å². The van der Waals surface area contributed by atoms with Crippen molar-refractivity contribution in [3.05, 3.63) is 0 Å². The Balaban J connectivity index is 3.22. The van der Waals surface area contributed by atoms with Crippen LogP contribution in [0.4, 0.5) is 0 Å². The number of rotatable bonds is 9. The quantitative estimate of drug-likeness (QED) is 0.347. The fraction of sp³-hybridized carbons (Fsp3) is 0.900. The van der Waals surface area contributed by atoms with Gasteiger partial charge in [0.05, 0.1) is 6.61 Å². The summed E-state index contributed by atoms with van der Waals surface area (Å²) in [5.74, 6) is -0.262. The van der Waals surface area contributed by atoms with Crippen LogP contribution in [0.15, 0.2) is 0 Å². The number of unbranched alkanes of at least 4 members (excludes halogenated alkanes) is 3. The van der Waals surface area contributed by atoms with Crippen LogP contribution in [-0.4, -0.2) is 27.1 Å². The second-order valence-corrected chi connectivity index (χ2v) is 4.41. The summed E-state index contributed by atoms with van der Waals surface area (Å²) in [5, 5.41) is 0. The fourth-order valence-electron chi connectivity index (χ4n) is 1.12. The van der Waals surface area contributed by atoms with Gasteiger partial charge in [-0.2, -0.15) is 0 Å². The number of ether oxygens (including phenoxy) is 1. The second-order valence-electron chi connectivity index (χ2n) is 3.39. The topological polar surface area (TPSA) is 66.4 Å². The van der Waals surface area contributed by atoms with E-state index in [1.54, 1.807) is 0 Å². The lowest BCUT2D eigenvalue weighted by Crippen LogP contribution is -2.07. The van der Waals surface area contributed by atoms with E-state index in [0.717, 1.165) is 25.7 Å². The zero-order valence-corrected chi connectivity index (χ0v) is 10.0. The van der Waals surface area contributed by atoms with Crippen LogP contribution in [-0.2, 0) is 20.6 Å². The van der Waals surface area contributed by atoms with Gasteiger partial charge in [0.15, 0.2) is 0 Å². The van der Waals surface area contributed by atoms with Gasteiger partial charge in [-0.25, -0.2) is 0 Å². The number of carbonyl (C=O) groups is 1. The zero-order chi connectivity index (χ0) is 11.5. The minimum atomic E-state index is -2.05. The van der Waals surface area contributed by atoms with Gasteiger partial charge in [-0.1, -0.05) is 37.3 Å². The van der Waals surface area contributed by atoms with Crippen molar-refractivity contribution in [3.8, 4) is 0 Å². The normalized spacial score (nSPS) is 12.4. The number of hydrogen-bond acceptors (Lipinski definition) is 4. The summed E-state index contributed by atoms with van der Waals surface area (Å²) in [7, 11) is 0. The minimum absolute atomic E-state index is 0.0327. The van der Waals surface area contributed by atoms with Crippen molar-refractivity contribution in [2.24, 2.45) is 0 Å². The van der Waals surface area contributed by atoms with Crippen molar-refractivity contribution in [1.29, 1.82) is 0 Å². The van der Waals surface area contributed by atoms with Gasteiger partial charge in [0.25, 0.3) is 0 Å². The van der Waals surface area contributed by atoms with Crippen molar-refractivity contribution >= 4 is 17.0 Å². The van der Waals surface area contributed by atoms with Crippen LogP contribution in [0, 0.1) is 0 Å². The molecule has 0 amide bonds. The number of esters is 1. The second kappa shape index (κ2) is 10.1. The molecule has 0 aromatic carbocycles. The van der Waals surface area contributed by atoms with Crippen LogP contribution >= 0.6 is 0 Å². The molecular weight excluding hydrogens is 216 g/mol. The molecule has 0 radical (unpaired) electrons. The van der Waals surface area contributed by atoms with E-state index < -0.39 is 11.1 Å². The van der Waals surface area contributed by atoms with Crippen LogP contribution in [0.5, 0.6) is 0 Å². The third kappa shape index (κ3) is 11.5. The highest BCUT2D eigenvalue weighted by Gasteiger charge is 2.01. The summed E-state index contributed by atoms with van der Waals surface area (Å²) in [6.45, 7) is 2.58. The average molecular weight is 235 g/mol. The molecule has 0 saturated carbocycles. The number of hydrogen-bond donors (Lipinski definition) is 0. The van der Waals surface area contributed by atoms with E-state index in [2.05, 4.69) is 6.92 Å². The first-order valence-electron chi connectivity index (χ1n) is 5.38. The van der Waals surface area contributed by atoms with E-state index in [4.69, 9.17) is 4.74 Å². The predicted molar refractivity (Wildman–Crippen MR) is 58.1 cm³/mol. The lowest BCUT2D eigenvalue weighted by atomic mass is 10.2. The molecule has 0 aliphatic carbocycles. The van der Waals surface area contributed by atoms with Gasteiger partial charge in [0.2, 0.25) is 0 Å². The lowest BCUT2D eigenvalue weighted by molar-refractivity contribution is -0.143. The molecule has 0 saturated heterocycles. The van der Waals surface area contributed by atoms with Crippen LogP contribution in [0.1, 0.15) is 45.4 Å². The first kappa shape index (κ1) is 14.6. The molecule has 0 N–H and O–H groups in total. The summed E-state index contributed by atoms with van der Waals surface area (Å²) in [6, 6.07) is 0. The smallest absolute Gasteiger partial charge is 0.305 e. The van der Waals surface area contributed by atoms with E-state index in [9.17, 15) is 13.6 Å². The van der Waals surface area contributed by atoms with Crippen molar-refractivity contribution in [2.75, 3.05) is 12.4 Å². The molecule has 1 atom stereocenters. The molecule has 0 bridgehead atoms. The first-order valence-corrected chi connectivity index (χ1v) is 6.62. The molecule has 5 heteroatoms. The van der Waals surface area contributed by atoms with Gasteiger partial charge in [0, 0.05) is 12.2 Å². The largest absolute Gasteiger partial charge is 0.772 e. The third-order valence-electron chi connectivity index (χ3n) is 1.95. The molecule has 15 heavy (non-hydrogen) atoms. The molecule has 0 aromatic heterocycles. The van der Waals surface area contributed by atoms with Crippen molar-refractivity contribution in [2.45, 2.75) is 45.4 Å². The predicted octanol–water partition coefficient (Wildman–Crippen LogP) is 1.77. The Bertz CT molecular complexity index is 194. The van der Waals surface area contributed by atoms with E-state index >= 15 is 0 Å². The molecular formula is C10H19O4S-. The van der Waals surface area contributed by atoms with E-state index in [0.29, 0.717) is 13.0 Å². The van der Waals surface area contributed by atoms with Crippen LogP contribution in [0.3, 0.4) is 0 Å². The highest BCUT2D eigenvalue weighted by molar-refractivity contribution is 7.79. The Morgan fingerprint density at radius 3 is 2.60 bits per heavy atom. The Morgan fingerprint density at radius 1 is 1.27 bits per heavy atom. The highest BCUT2D eigenvalue weighted by Crippen LogP contribution is 2.00. The lowest BCUT2D eigenvalue weighted by Gasteiger charge is -2.05. The molecule has 0 fully saturated rings. The average Bonchev–Trinajstić information content (AvgIpc) is 2.17. The summed E-state index contributed by atoms with van der Waals surface area (Å²) in [4.78, 5) is 11.0. The molecule has 0 aliphatic rings. The monoisotopic (exact) mass is 235 g/mol. The Hall–Kier alpha value is -0.420. The van der Waals surface area contributed by atoms with Crippen molar-refractivity contribution < 1.29 is 18.3 Å². The molecule has 0 rings (SSSR count). The van der Waals surface area contributed by atoms with Crippen LogP contribution in [0.2, 0.25) is 0 Å². The molecule has 0 aromatic rings. The van der Waals surface area contributed by atoms with Gasteiger partial charge >= 0.3 is 5.97 Å². The standard InChI is InChI=1S/C10H20O4S/c1-2-3-4-5-8-14-10(11)7-6-9-15(12)13/h2-9H2,1H3,(H,12,13)/p-1. The van der Waals surface area contributed by atoms with Gasteiger partial charge in [-0.05, 0) is 12.8 Å². The van der Waals surface area contributed by atoms with E-state index in [1.807, 2.05) is 0 Å². The van der Waals surface area contributed by atoms with Crippen molar-refractivity contribution in [3.63, 3.8) is 0 Å². The minimum Gasteiger partial charge on any atom is -0.772 e. The first-order chi connectivity index (χ1) is 7.16. The molecule has 0 heterocycles. The summed E-state index contributed by atoms with van der Waals surface area (Å²) in [6.07, 6.45) is 4.84. The third-order valence-corrected chi connectivity index (χ3v) is 2.57. The van der Waals surface area contributed by atoms with Crippen LogP contribution < -0.4 is 0 Å². The van der Waals surface area contributed by atoms with E-state index in [-0.39, 0.29) is 18.1 Å². The van der Waals surface area contributed by atoms with Crippen molar-refractivity contribution in [1.82, 2.24) is 0 Å². The zero-order valence-electron chi connectivity index (χ0n) is 9.20. The fourth-order valence-corrected chi connectivity index (χ4v) is 1.50. The molecule has 90 valence electrons. The summed E-state index contributed by atoms with van der Waals surface area (Å²) < 4.78 is 25.3. The Labute approximate surface area is 93.7 Å². The Kier molecular flexibility index (Phi) is 9.83. The number of carbonyl (C=O) groups excluding carboxylic acids is 1. The van der Waals surface area contributed by atoms with Gasteiger partial charge in [-0.15, -0.1) is 0 Å². The summed E-state index contributed by atoms with van der Waals surface area (Å²) >= 11 is -2.05. The highest BCUT2D eigenvalue weighted by atomic mass is 32.2. The van der Waals surface area contributed by atoms with Gasteiger partial charge < -0.3 is 9.29 Å². The van der Waals surface area contributed by atoms with Gasteiger partial charge in [-0.3, -0.25) is 9.00 Å². The Morgan fingerprint density at radius 2 is 2.00 bits per heavy atom. The van der Waals surface area contributed by atoms with Gasteiger partial charge in [0.1, 0.15) is 0 Å². The molecule has 0 aliphatic heterocycles. The maximum Gasteiger partial charge on any atom is 0.305 e.